The molecule has 1 aliphatic carbocycles. The SMILES string of the molecule is C[C@H](O)CCC1CCCc2ccccc21. The number of rotatable bonds is 3. The minimum absolute atomic E-state index is 0.154. The van der Waals surface area contributed by atoms with Crippen LogP contribution < -0.4 is 0 Å². The first kappa shape index (κ1) is 10.7. The lowest BCUT2D eigenvalue weighted by Crippen LogP contribution is -2.11. The summed E-state index contributed by atoms with van der Waals surface area (Å²) in [6.07, 6.45) is 5.75. The lowest BCUT2D eigenvalue weighted by atomic mass is 9.80. The summed E-state index contributed by atoms with van der Waals surface area (Å²) in [4.78, 5) is 0. The molecule has 1 aromatic rings. The summed E-state index contributed by atoms with van der Waals surface area (Å²) in [5.74, 6) is 0.685. The number of benzene rings is 1. The normalized spacial score (nSPS) is 22.1. The first-order valence-corrected chi connectivity index (χ1v) is 6.03. The summed E-state index contributed by atoms with van der Waals surface area (Å²) in [5.41, 5.74) is 3.06. The lowest BCUT2D eigenvalue weighted by molar-refractivity contribution is 0.177. The molecule has 82 valence electrons. The van der Waals surface area contributed by atoms with Gasteiger partial charge in [-0.15, -0.1) is 0 Å². The van der Waals surface area contributed by atoms with Crippen LogP contribution >= 0.6 is 0 Å². The molecule has 0 amide bonds. The standard InChI is InChI=1S/C14H20O/c1-11(15)9-10-13-7-4-6-12-5-2-3-8-14(12)13/h2-3,5,8,11,13,15H,4,6-7,9-10H2,1H3/t11-,13?/m0/s1. The van der Waals surface area contributed by atoms with E-state index in [-0.39, 0.29) is 6.10 Å². The Balaban J connectivity index is 2.08. The molecule has 0 fully saturated rings. The highest BCUT2D eigenvalue weighted by molar-refractivity contribution is 5.32. The number of hydrogen-bond acceptors (Lipinski definition) is 1. The van der Waals surface area contributed by atoms with E-state index in [0.29, 0.717) is 5.92 Å². The zero-order valence-electron chi connectivity index (χ0n) is 9.45. The molecule has 1 aliphatic rings. The number of aliphatic hydroxyl groups is 1. The molecular weight excluding hydrogens is 184 g/mol. The Kier molecular flexibility index (Phi) is 3.42. The van der Waals surface area contributed by atoms with Crippen LogP contribution in [0.4, 0.5) is 0 Å². The van der Waals surface area contributed by atoms with Gasteiger partial charge in [0.1, 0.15) is 0 Å². The predicted octanol–water partition coefficient (Wildman–Crippen LogP) is 3.27. The van der Waals surface area contributed by atoms with E-state index in [4.69, 9.17) is 0 Å². The van der Waals surface area contributed by atoms with E-state index in [1.165, 1.54) is 30.4 Å². The Labute approximate surface area is 92.1 Å². The molecule has 0 saturated heterocycles. The summed E-state index contributed by atoms with van der Waals surface area (Å²) in [7, 11) is 0. The Hall–Kier alpha value is -0.820. The minimum Gasteiger partial charge on any atom is -0.393 e. The van der Waals surface area contributed by atoms with Crippen LogP contribution in [-0.2, 0) is 6.42 Å². The molecule has 0 radical (unpaired) electrons. The van der Waals surface area contributed by atoms with Crippen molar-refractivity contribution in [1.82, 2.24) is 0 Å². The zero-order chi connectivity index (χ0) is 10.7. The second kappa shape index (κ2) is 4.80. The van der Waals surface area contributed by atoms with Crippen molar-refractivity contribution in [3.8, 4) is 0 Å². The van der Waals surface area contributed by atoms with Gasteiger partial charge in [-0.1, -0.05) is 24.3 Å². The largest absolute Gasteiger partial charge is 0.393 e. The molecule has 0 aromatic heterocycles. The van der Waals surface area contributed by atoms with Crippen LogP contribution in [0.3, 0.4) is 0 Å². The summed E-state index contributed by atoms with van der Waals surface area (Å²) in [5, 5.41) is 9.33. The summed E-state index contributed by atoms with van der Waals surface area (Å²) in [6, 6.07) is 8.79. The van der Waals surface area contributed by atoms with E-state index < -0.39 is 0 Å². The number of aryl methyl sites for hydroxylation is 1. The van der Waals surface area contributed by atoms with Crippen LogP contribution in [0.1, 0.15) is 49.7 Å². The first-order valence-electron chi connectivity index (χ1n) is 6.03. The molecular formula is C14H20O. The Morgan fingerprint density at radius 3 is 3.00 bits per heavy atom. The number of aliphatic hydroxyl groups excluding tert-OH is 1. The maximum Gasteiger partial charge on any atom is 0.0512 e. The molecule has 0 aliphatic heterocycles. The van der Waals surface area contributed by atoms with Crippen LogP contribution in [0.2, 0.25) is 0 Å². The van der Waals surface area contributed by atoms with Gasteiger partial charge in [-0.25, -0.2) is 0 Å². The highest BCUT2D eigenvalue weighted by Gasteiger charge is 2.19. The van der Waals surface area contributed by atoms with Crippen molar-refractivity contribution in [2.75, 3.05) is 0 Å². The summed E-state index contributed by atoms with van der Waals surface area (Å²) < 4.78 is 0. The molecule has 15 heavy (non-hydrogen) atoms. The van der Waals surface area contributed by atoms with Crippen molar-refractivity contribution in [2.24, 2.45) is 0 Å². The fourth-order valence-electron chi connectivity index (χ4n) is 2.60. The molecule has 2 atom stereocenters. The van der Waals surface area contributed by atoms with Crippen LogP contribution in [0.5, 0.6) is 0 Å². The van der Waals surface area contributed by atoms with E-state index in [9.17, 15) is 5.11 Å². The third kappa shape index (κ3) is 2.60. The fourth-order valence-corrected chi connectivity index (χ4v) is 2.60. The summed E-state index contributed by atoms with van der Waals surface area (Å²) in [6.45, 7) is 1.88. The first-order chi connectivity index (χ1) is 7.27. The third-order valence-electron chi connectivity index (χ3n) is 3.43. The van der Waals surface area contributed by atoms with E-state index in [1.54, 1.807) is 0 Å². The predicted molar refractivity (Wildman–Crippen MR) is 63.0 cm³/mol. The molecule has 2 rings (SSSR count). The van der Waals surface area contributed by atoms with Gasteiger partial charge in [-0.3, -0.25) is 0 Å². The molecule has 1 unspecified atom stereocenters. The second-order valence-electron chi connectivity index (χ2n) is 4.71. The van der Waals surface area contributed by atoms with Crippen molar-refractivity contribution >= 4 is 0 Å². The zero-order valence-corrected chi connectivity index (χ0v) is 9.45. The minimum atomic E-state index is -0.154. The maximum atomic E-state index is 9.33. The van der Waals surface area contributed by atoms with Crippen molar-refractivity contribution in [2.45, 2.75) is 51.0 Å². The molecule has 0 saturated carbocycles. The molecule has 1 aromatic carbocycles. The molecule has 1 heteroatoms. The van der Waals surface area contributed by atoms with Crippen molar-refractivity contribution < 1.29 is 5.11 Å². The van der Waals surface area contributed by atoms with Crippen LogP contribution in [0.25, 0.3) is 0 Å². The van der Waals surface area contributed by atoms with Gasteiger partial charge < -0.3 is 5.11 Å². The number of fused-ring (bicyclic) bond motifs is 1. The van der Waals surface area contributed by atoms with Crippen LogP contribution in [0.15, 0.2) is 24.3 Å². The van der Waals surface area contributed by atoms with Gasteiger partial charge in [-0.2, -0.15) is 0 Å². The molecule has 1 nitrogen and oxygen atoms in total. The molecule has 1 N–H and O–H groups in total. The lowest BCUT2D eigenvalue weighted by Gasteiger charge is -2.25. The average molecular weight is 204 g/mol. The quantitative estimate of drug-likeness (QED) is 0.801. The van der Waals surface area contributed by atoms with Gasteiger partial charge in [-0.05, 0) is 56.1 Å². The van der Waals surface area contributed by atoms with Crippen molar-refractivity contribution in [1.29, 1.82) is 0 Å². The van der Waals surface area contributed by atoms with Crippen molar-refractivity contribution in [3.05, 3.63) is 35.4 Å². The Morgan fingerprint density at radius 2 is 2.20 bits per heavy atom. The van der Waals surface area contributed by atoms with Crippen LogP contribution in [-0.4, -0.2) is 11.2 Å². The Bertz CT molecular complexity index is 317. The fraction of sp³-hybridized carbons (Fsp3) is 0.571. The van der Waals surface area contributed by atoms with E-state index in [1.807, 2.05) is 6.92 Å². The third-order valence-corrected chi connectivity index (χ3v) is 3.43. The maximum absolute atomic E-state index is 9.33. The highest BCUT2D eigenvalue weighted by Crippen LogP contribution is 2.34. The van der Waals surface area contributed by atoms with E-state index in [2.05, 4.69) is 24.3 Å². The molecule has 0 spiro atoms. The second-order valence-corrected chi connectivity index (χ2v) is 4.71. The Morgan fingerprint density at radius 1 is 1.40 bits per heavy atom. The summed E-state index contributed by atoms with van der Waals surface area (Å²) >= 11 is 0. The van der Waals surface area contributed by atoms with E-state index in [0.717, 1.165) is 12.8 Å². The van der Waals surface area contributed by atoms with Gasteiger partial charge in [0.05, 0.1) is 6.10 Å². The van der Waals surface area contributed by atoms with Crippen LogP contribution in [0, 0.1) is 0 Å². The number of hydrogen-bond donors (Lipinski definition) is 1. The van der Waals surface area contributed by atoms with Gasteiger partial charge >= 0.3 is 0 Å². The molecule has 0 heterocycles. The van der Waals surface area contributed by atoms with Gasteiger partial charge in [0, 0.05) is 0 Å². The van der Waals surface area contributed by atoms with Gasteiger partial charge in [0.2, 0.25) is 0 Å². The monoisotopic (exact) mass is 204 g/mol. The van der Waals surface area contributed by atoms with Gasteiger partial charge in [0.15, 0.2) is 0 Å². The highest BCUT2D eigenvalue weighted by atomic mass is 16.3. The topological polar surface area (TPSA) is 20.2 Å². The molecule has 0 bridgehead atoms. The van der Waals surface area contributed by atoms with Gasteiger partial charge in [0.25, 0.3) is 0 Å². The van der Waals surface area contributed by atoms with E-state index >= 15 is 0 Å². The van der Waals surface area contributed by atoms with Crippen molar-refractivity contribution in [3.63, 3.8) is 0 Å². The smallest absolute Gasteiger partial charge is 0.0512 e. The average Bonchev–Trinajstić information content (AvgIpc) is 2.26.